The number of halogens is 2. The molecule has 0 saturated heterocycles. The van der Waals surface area contributed by atoms with Crippen molar-refractivity contribution >= 4 is 34.8 Å². The molecule has 0 spiro atoms. The van der Waals surface area contributed by atoms with Crippen LogP contribution in [0.5, 0.6) is 11.5 Å². The summed E-state index contributed by atoms with van der Waals surface area (Å²) in [6.07, 6.45) is 0.724. The minimum atomic E-state index is -0.149. The van der Waals surface area contributed by atoms with E-state index in [1.54, 1.807) is 43.5 Å². The van der Waals surface area contributed by atoms with E-state index in [0.717, 1.165) is 5.56 Å². The quantitative estimate of drug-likeness (QED) is 0.826. The van der Waals surface area contributed by atoms with Crippen LogP contribution < -0.4 is 14.8 Å². The molecule has 0 radical (unpaired) electrons. The van der Waals surface area contributed by atoms with Crippen LogP contribution in [-0.4, -0.2) is 20.1 Å². The van der Waals surface area contributed by atoms with E-state index in [1.165, 1.54) is 7.11 Å². The first-order chi connectivity index (χ1) is 11.0. The van der Waals surface area contributed by atoms with Crippen molar-refractivity contribution in [3.63, 3.8) is 0 Å². The van der Waals surface area contributed by atoms with E-state index in [4.69, 9.17) is 32.7 Å². The topological polar surface area (TPSA) is 47.6 Å². The molecule has 23 heavy (non-hydrogen) atoms. The van der Waals surface area contributed by atoms with Crippen molar-refractivity contribution in [1.29, 1.82) is 0 Å². The molecule has 6 heteroatoms. The standard InChI is InChI=1S/C17H17Cl2NO3/c1-22-11-6-8-15(16(10-11)23-2)20-17(21)9-7-12-13(18)4-3-5-14(12)19/h3-6,8,10H,7,9H2,1-2H3,(H,20,21). The number of carbonyl (C=O) groups is 1. The van der Waals surface area contributed by atoms with Crippen molar-refractivity contribution < 1.29 is 14.3 Å². The van der Waals surface area contributed by atoms with Crippen LogP contribution in [0.3, 0.4) is 0 Å². The Morgan fingerprint density at radius 2 is 1.78 bits per heavy atom. The van der Waals surface area contributed by atoms with Crippen molar-refractivity contribution in [2.24, 2.45) is 0 Å². The van der Waals surface area contributed by atoms with Crippen molar-refractivity contribution in [1.82, 2.24) is 0 Å². The lowest BCUT2D eigenvalue weighted by molar-refractivity contribution is -0.116. The molecule has 0 aliphatic heterocycles. The van der Waals surface area contributed by atoms with Crippen molar-refractivity contribution in [2.45, 2.75) is 12.8 Å². The van der Waals surface area contributed by atoms with Gasteiger partial charge in [0.2, 0.25) is 5.91 Å². The molecule has 2 aromatic rings. The van der Waals surface area contributed by atoms with Gasteiger partial charge in [0, 0.05) is 22.5 Å². The lowest BCUT2D eigenvalue weighted by atomic mass is 10.1. The summed E-state index contributed by atoms with van der Waals surface area (Å²) in [4.78, 5) is 12.1. The number of rotatable bonds is 6. The predicted molar refractivity (Wildman–Crippen MR) is 93.0 cm³/mol. The van der Waals surface area contributed by atoms with Crippen LogP contribution in [0.15, 0.2) is 36.4 Å². The Kier molecular flexibility index (Phi) is 6.13. The highest BCUT2D eigenvalue weighted by Gasteiger charge is 2.11. The van der Waals surface area contributed by atoms with Crippen LogP contribution in [0.1, 0.15) is 12.0 Å². The molecule has 0 unspecified atom stereocenters. The zero-order chi connectivity index (χ0) is 16.8. The highest BCUT2D eigenvalue weighted by Crippen LogP contribution is 2.30. The summed E-state index contributed by atoms with van der Waals surface area (Å²) >= 11 is 12.2. The monoisotopic (exact) mass is 353 g/mol. The average molecular weight is 354 g/mol. The normalized spacial score (nSPS) is 10.3. The van der Waals surface area contributed by atoms with Gasteiger partial charge in [0.05, 0.1) is 19.9 Å². The van der Waals surface area contributed by atoms with Crippen molar-refractivity contribution in [2.75, 3.05) is 19.5 Å². The summed E-state index contributed by atoms with van der Waals surface area (Å²) in [6, 6.07) is 10.5. The highest BCUT2D eigenvalue weighted by molar-refractivity contribution is 6.36. The van der Waals surface area contributed by atoms with Gasteiger partial charge in [0.15, 0.2) is 0 Å². The molecule has 1 N–H and O–H groups in total. The number of anilines is 1. The molecule has 0 aliphatic carbocycles. The molecule has 0 heterocycles. The third-order valence-electron chi connectivity index (χ3n) is 3.35. The van der Waals surface area contributed by atoms with Gasteiger partial charge < -0.3 is 14.8 Å². The van der Waals surface area contributed by atoms with Gasteiger partial charge in [-0.25, -0.2) is 0 Å². The van der Waals surface area contributed by atoms with Gasteiger partial charge >= 0.3 is 0 Å². The Bertz CT molecular complexity index is 684. The third kappa shape index (κ3) is 4.53. The molecule has 1 amide bonds. The van der Waals surface area contributed by atoms with Crippen molar-refractivity contribution in [3.05, 3.63) is 52.0 Å². The Balaban J connectivity index is 2.03. The summed E-state index contributed by atoms with van der Waals surface area (Å²) < 4.78 is 10.4. The number of benzene rings is 2. The summed E-state index contributed by atoms with van der Waals surface area (Å²) in [6.45, 7) is 0. The number of ether oxygens (including phenoxy) is 2. The molecule has 0 saturated carbocycles. The number of amides is 1. The molecular weight excluding hydrogens is 337 g/mol. The van der Waals surface area contributed by atoms with E-state index in [2.05, 4.69) is 5.32 Å². The van der Waals surface area contributed by atoms with E-state index in [-0.39, 0.29) is 12.3 Å². The third-order valence-corrected chi connectivity index (χ3v) is 4.05. The van der Waals surface area contributed by atoms with Crippen LogP contribution in [0, 0.1) is 0 Å². The first-order valence-corrected chi connectivity index (χ1v) is 7.75. The molecule has 0 fully saturated rings. The molecule has 0 bridgehead atoms. The summed E-state index contributed by atoms with van der Waals surface area (Å²) in [7, 11) is 3.11. The molecule has 0 atom stereocenters. The molecule has 0 aromatic heterocycles. The summed E-state index contributed by atoms with van der Waals surface area (Å²) in [5.41, 5.74) is 1.36. The maximum Gasteiger partial charge on any atom is 0.224 e. The first kappa shape index (κ1) is 17.4. The Hall–Kier alpha value is -1.91. The molecule has 4 nitrogen and oxygen atoms in total. The van der Waals surface area contributed by atoms with Gasteiger partial charge in [0.25, 0.3) is 0 Å². The molecule has 2 aromatic carbocycles. The van der Waals surface area contributed by atoms with Crippen LogP contribution in [0.2, 0.25) is 10.0 Å². The van der Waals surface area contributed by atoms with Gasteiger partial charge in [-0.1, -0.05) is 29.3 Å². The second-order valence-corrected chi connectivity index (χ2v) is 5.63. The van der Waals surface area contributed by atoms with E-state index in [1.807, 2.05) is 0 Å². The number of hydrogen-bond acceptors (Lipinski definition) is 3. The number of nitrogens with one attached hydrogen (secondary N) is 1. The van der Waals surface area contributed by atoms with E-state index in [9.17, 15) is 4.79 Å². The van der Waals surface area contributed by atoms with Gasteiger partial charge in [-0.05, 0) is 36.2 Å². The fourth-order valence-corrected chi connectivity index (χ4v) is 2.71. The van der Waals surface area contributed by atoms with Crippen molar-refractivity contribution in [3.8, 4) is 11.5 Å². The number of methoxy groups -OCH3 is 2. The number of hydrogen-bond donors (Lipinski definition) is 1. The second-order valence-electron chi connectivity index (χ2n) is 4.81. The smallest absolute Gasteiger partial charge is 0.224 e. The van der Waals surface area contributed by atoms with E-state index < -0.39 is 0 Å². The minimum Gasteiger partial charge on any atom is -0.497 e. The fraction of sp³-hybridized carbons (Fsp3) is 0.235. The predicted octanol–water partition coefficient (Wildman–Crippen LogP) is 4.58. The lowest BCUT2D eigenvalue weighted by Crippen LogP contribution is -2.13. The Morgan fingerprint density at radius 1 is 1.09 bits per heavy atom. The SMILES string of the molecule is COc1ccc(NC(=O)CCc2c(Cl)cccc2Cl)c(OC)c1. The van der Waals surface area contributed by atoms with Crippen LogP contribution in [0.4, 0.5) is 5.69 Å². The highest BCUT2D eigenvalue weighted by atomic mass is 35.5. The molecule has 0 aliphatic rings. The van der Waals surface area contributed by atoms with Gasteiger partial charge in [-0.2, -0.15) is 0 Å². The average Bonchev–Trinajstić information content (AvgIpc) is 2.54. The van der Waals surface area contributed by atoms with E-state index in [0.29, 0.717) is 33.7 Å². The minimum absolute atomic E-state index is 0.149. The van der Waals surface area contributed by atoms with E-state index >= 15 is 0 Å². The fourth-order valence-electron chi connectivity index (χ4n) is 2.12. The largest absolute Gasteiger partial charge is 0.497 e. The van der Waals surface area contributed by atoms with Gasteiger partial charge in [0.1, 0.15) is 11.5 Å². The lowest BCUT2D eigenvalue weighted by Gasteiger charge is -2.12. The first-order valence-electron chi connectivity index (χ1n) is 7.00. The Labute approximate surface area is 145 Å². The summed E-state index contributed by atoms with van der Waals surface area (Å²) in [5, 5.41) is 3.94. The van der Waals surface area contributed by atoms with Crippen LogP contribution >= 0.6 is 23.2 Å². The Morgan fingerprint density at radius 3 is 2.39 bits per heavy atom. The van der Waals surface area contributed by atoms with Crippen LogP contribution in [-0.2, 0) is 11.2 Å². The second kappa shape index (κ2) is 8.09. The molecule has 122 valence electrons. The zero-order valence-electron chi connectivity index (χ0n) is 12.9. The van der Waals surface area contributed by atoms with Crippen LogP contribution in [0.25, 0.3) is 0 Å². The molecule has 2 rings (SSSR count). The maximum absolute atomic E-state index is 12.1. The maximum atomic E-state index is 12.1. The zero-order valence-corrected chi connectivity index (χ0v) is 14.4. The molecular formula is C17H17Cl2NO3. The summed E-state index contributed by atoms with van der Waals surface area (Å²) in [5.74, 6) is 1.04. The van der Waals surface area contributed by atoms with Gasteiger partial charge in [-0.3, -0.25) is 4.79 Å². The van der Waals surface area contributed by atoms with Gasteiger partial charge in [-0.15, -0.1) is 0 Å². The number of carbonyl (C=O) groups excluding carboxylic acids is 1.